The molecular weight excluding hydrogens is 416 g/mol. The average Bonchev–Trinajstić information content (AvgIpc) is 3.36. The molecule has 0 bridgehead atoms. The Morgan fingerprint density at radius 2 is 1.94 bits per heavy atom. The molecule has 2 aromatic carbocycles. The largest absolute Gasteiger partial charge is 0.331 e. The number of carbonyl (C=O) groups excluding carboxylic acids is 2. The van der Waals surface area contributed by atoms with Gasteiger partial charge in [0.25, 0.3) is 10.0 Å². The fourth-order valence-electron chi connectivity index (χ4n) is 3.91. The maximum atomic E-state index is 13.2. The van der Waals surface area contributed by atoms with E-state index in [1.165, 1.54) is 6.07 Å². The molecule has 2 aliphatic rings. The van der Waals surface area contributed by atoms with Crippen molar-refractivity contribution in [2.45, 2.75) is 37.2 Å². The molecular formula is C22H26N4O4S. The van der Waals surface area contributed by atoms with Crippen LogP contribution in [-0.2, 0) is 21.2 Å². The molecule has 2 N–H and O–H groups in total. The first-order valence-electron chi connectivity index (χ1n) is 10.3. The van der Waals surface area contributed by atoms with Gasteiger partial charge in [-0.1, -0.05) is 44.2 Å². The van der Waals surface area contributed by atoms with E-state index in [4.69, 9.17) is 0 Å². The first-order chi connectivity index (χ1) is 14.8. The van der Waals surface area contributed by atoms with Crippen molar-refractivity contribution in [3.05, 3.63) is 59.7 Å². The molecule has 2 heterocycles. The van der Waals surface area contributed by atoms with Crippen LogP contribution in [0.15, 0.2) is 53.4 Å². The second-order valence-electron chi connectivity index (χ2n) is 8.07. The summed E-state index contributed by atoms with van der Waals surface area (Å²) in [6, 6.07) is 13.2. The van der Waals surface area contributed by atoms with Crippen LogP contribution in [0.25, 0.3) is 0 Å². The first kappa shape index (κ1) is 21.3. The molecule has 1 saturated heterocycles. The molecule has 0 aromatic heterocycles. The third kappa shape index (κ3) is 4.15. The quantitative estimate of drug-likeness (QED) is 0.713. The lowest BCUT2D eigenvalue weighted by molar-refractivity contribution is -0.117. The summed E-state index contributed by atoms with van der Waals surface area (Å²) in [4.78, 5) is 26.7. The molecule has 9 heteroatoms. The summed E-state index contributed by atoms with van der Waals surface area (Å²) in [5, 5.41) is 5.85. The van der Waals surface area contributed by atoms with Crippen molar-refractivity contribution in [3.8, 4) is 0 Å². The number of anilines is 1. The topological polar surface area (TPSA) is 98.8 Å². The van der Waals surface area contributed by atoms with Crippen LogP contribution in [0.2, 0.25) is 0 Å². The van der Waals surface area contributed by atoms with E-state index in [-0.39, 0.29) is 36.0 Å². The number of benzene rings is 2. The molecule has 0 saturated carbocycles. The van der Waals surface area contributed by atoms with Crippen LogP contribution in [0.5, 0.6) is 0 Å². The van der Waals surface area contributed by atoms with Crippen LogP contribution >= 0.6 is 0 Å². The van der Waals surface area contributed by atoms with E-state index in [2.05, 4.69) is 10.6 Å². The van der Waals surface area contributed by atoms with Gasteiger partial charge < -0.3 is 15.5 Å². The van der Waals surface area contributed by atoms with E-state index in [9.17, 15) is 18.0 Å². The molecule has 164 valence electrons. The minimum Gasteiger partial charge on any atom is -0.328 e. The minimum atomic E-state index is -4.00. The predicted molar refractivity (Wildman–Crippen MR) is 117 cm³/mol. The highest BCUT2D eigenvalue weighted by molar-refractivity contribution is 7.89. The molecule has 1 atom stereocenters. The Morgan fingerprint density at radius 3 is 2.65 bits per heavy atom. The monoisotopic (exact) mass is 442 g/mol. The molecule has 0 spiro atoms. The lowest BCUT2D eigenvalue weighted by Crippen LogP contribution is -2.39. The van der Waals surface area contributed by atoms with Crippen molar-refractivity contribution in [1.82, 2.24) is 14.9 Å². The van der Waals surface area contributed by atoms with E-state index < -0.39 is 16.1 Å². The van der Waals surface area contributed by atoms with Gasteiger partial charge in [-0.2, -0.15) is 0 Å². The molecule has 2 aromatic rings. The van der Waals surface area contributed by atoms with Gasteiger partial charge in [0.15, 0.2) is 0 Å². The fourth-order valence-corrected chi connectivity index (χ4v) is 5.31. The smallest absolute Gasteiger partial charge is 0.328 e. The van der Waals surface area contributed by atoms with Crippen LogP contribution in [0.3, 0.4) is 0 Å². The molecule has 3 amide bonds. The predicted octanol–water partition coefficient (Wildman–Crippen LogP) is 2.03. The molecule has 31 heavy (non-hydrogen) atoms. The van der Waals surface area contributed by atoms with E-state index in [0.717, 1.165) is 21.1 Å². The van der Waals surface area contributed by atoms with Gasteiger partial charge in [-0.3, -0.25) is 4.79 Å². The van der Waals surface area contributed by atoms with Gasteiger partial charge in [-0.05, 0) is 35.7 Å². The Kier molecular flexibility index (Phi) is 5.72. The van der Waals surface area contributed by atoms with Crippen molar-refractivity contribution >= 4 is 27.6 Å². The van der Waals surface area contributed by atoms with Gasteiger partial charge in [0.1, 0.15) is 0 Å². The summed E-state index contributed by atoms with van der Waals surface area (Å²) < 4.78 is 27.3. The first-order valence-corrected chi connectivity index (χ1v) is 11.8. The summed E-state index contributed by atoms with van der Waals surface area (Å²) in [7, 11) is -4.00. The molecule has 8 nitrogen and oxygen atoms in total. The third-order valence-electron chi connectivity index (χ3n) is 5.57. The van der Waals surface area contributed by atoms with Crippen molar-refractivity contribution in [2.24, 2.45) is 0 Å². The van der Waals surface area contributed by atoms with Gasteiger partial charge in [0.2, 0.25) is 5.91 Å². The lowest BCUT2D eigenvalue weighted by atomic mass is 10.1. The van der Waals surface area contributed by atoms with Crippen LogP contribution in [0.1, 0.15) is 31.0 Å². The summed E-state index contributed by atoms with van der Waals surface area (Å²) >= 11 is 0. The number of carbonyl (C=O) groups is 2. The number of amides is 3. The fraction of sp³-hybridized carbons (Fsp3) is 0.364. The number of rotatable bonds is 6. The molecule has 4 rings (SSSR count). The number of fused-ring (bicyclic) bond motifs is 1. The Balaban J connectivity index is 1.54. The number of hydrogen-bond acceptors (Lipinski definition) is 5. The zero-order chi connectivity index (χ0) is 22.2. The van der Waals surface area contributed by atoms with Gasteiger partial charge >= 0.3 is 6.03 Å². The zero-order valence-corrected chi connectivity index (χ0v) is 18.4. The number of sulfonamides is 1. The highest BCUT2D eigenvalue weighted by Gasteiger charge is 2.39. The minimum absolute atomic E-state index is 0.0355. The van der Waals surface area contributed by atoms with E-state index >= 15 is 0 Å². The molecule has 2 aliphatic heterocycles. The Bertz CT molecular complexity index is 1100. The standard InChI is InChI=1S/C22H26N4O4S/c1-15(2)23-13-21(27)25-11-10-17-12-18(8-9-20(17)25)31(29,30)26-14-19(24-22(26)28)16-6-4-3-5-7-16/h3-9,12,15,19,23H,10-11,13-14H2,1-2H3,(H,24,28). The Morgan fingerprint density at radius 1 is 1.19 bits per heavy atom. The van der Waals surface area contributed by atoms with Crippen LogP contribution in [0.4, 0.5) is 10.5 Å². The van der Waals surface area contributed by atoms with Crippen molar-refractivity contribution in [1.29, 1.82) is 0 Å². The number of nitrogens with one attached hydrogen (secondary N) is 2. The Hall–Kier alpha value is -2.91. The number of urea groups is 1. The van der Waals surface area contributed by atoms with Gasteiger partial charge in [-0.15, -0.1) is 0 Å². The van der Waals surface area contributed by atoms with Crippen molar-refractivity contribution in [3.63, 3.8) is 0 Å². The van der Waals surface area contributed by atoms with Gasteiger partial charge in [0, 0.05) is 18.3 Å². The normalized spacial score (nSPS) is 18.4. The lowest BCUT2D eigenvalue weighted by Gasteiger charge is -2.19. The zero-order valence-electron chi connectivity index (χ0n) is 17.5. The maximum Gasteiger partial charge on any atom is 0.331 e. The number of nitrogens with zero attached hydrogens (tertiary/aromatic N) is 2. The Labute approximate surface area is 182 Å². The van der Waals surface area contributed by atoms with Crippen LogP contribution in [-0.4, -0.2) is 50.3 Å². The number of hydrogen-bond donors (Lipinski definition) is 2. The highest BCUT2D eigenvalue weighted by atomic mass is 32.2. The molecule has 1 unspecified atom stereocenters. The van der Waals surface area contributed by atoms with Crippen molar-refractivity contribution in [2.75, 3.05) is 24.5 Å². The van der Waals surface area contributed by atoms with E-state index in [1.54, 1.807) is 17.0 Å². The summed E-state index contributed by atoms with van der Waals surface area (Å²) in [5.74, 6) is -0.0484. The molecule has 0 aliphatic carbocycles. The van der Waals surface area contributed by atoms with Crippen LogP contribution in [0, 0.1) is 0 Å². The van der Waals surface area contributed by atoms with Gasteiger partial charge in [0.05, 0.1) is 24.0 Å². The maximum absolute atomic E-state index is 13.2. The summed E-state index contributed by atoms with van der Waals surface area (Å²) in [6.07, 6.45) is 0.574. The van der Waals surface area contributed by atoms with E-state index in [1.807, 2.05) is 44.2 Å². The third-order valence-corrected chi connectivity index (χ3v) is 7.32. The van der Waals surface area contributed by atoms with Crippen LogP contribution < -0.4 is 15.5 Å². The SMILES string of the molecule is CC(C)NCC(=O)N1CCc2cc(S(=O)(=O)N3CC(c4ccccc4)NC3=O)ccc21. The van der Waals surface area contributed by atoms with E-state index in [0.29, 0.717) is 13.0 Å². The second-order valence-corrected chi connectivity index (χ2v) is 9.93. The van der Waals surface area contributed by atoms with Gasteiger partial charge in [-0.25, -0.2) is 17.5 Å². The average molecular weight is 443 g/mol. The molecule has 1 fully saturated rings. The highest BCUT2D eigenvalue weighted by Crippen LogP contribution is 2.32. The molecule has 0 radical (unpaired) electrons. The second kappa shape index (κ2) is 8.32. The van der Waals surface area contributed by atoms with Crippen molar-refractivity contribution < 1.29 is 18.0 Å². The summed E-state index contributed by atoms with van der Waals surface area (Å²) in [5.41, 5.74) is 2.37. The summed E-state index contributed by atoms with van der Waals surface area (Å²) in [6.45, 7) is 4.72.